The van der Waals surface area contributed by atoms with Gasteiger partial charge in [-0.05, 0) is 45.0 Å². The normalized spacial score (nSPS) is 11.0. The second kappa shape index (κ2) is 6.12. The van der Waals surface area contributed by atoms with E-state index in [2.05, 4.69) is 4.72 Å². The fraction of sp³-hybridized carbons (Fsp3) is 0.267. The maximum atomic E-state index is 12.3. The minimum Gasteiger partial charge on any atom is -0.494 e. The monoisotopic (exact) mass is 320 g/mol. The fourth-order valence-corrected chi connectivity index (χ4v) is 2.90. The Morgan fingerprint density at radius 1 is 1.27 bits per heavy atom. The number of hydrogen-bond donors (Lipinski definition) is 1. The number of anilines is 1. The standard InChI is InChI=1S/C15H16N2O4S/c1-4-20-12-5-7-13(8-6-12)22(18,19)17-15-14(9-16)10(2)11(3)21-15/h5-8,17H,4H2,1-3H3. The number of sulfonamides is 1. The van der Waals surface area contributed by atoms with Crippen LogP contribution in [0, 0.1) is 25.2 Å². The Kier molecular flexibility index (Phi) is 4.43. The molecule has 6 nitrogen and oxygen atoms in total. The van der Waals surface area contributed by atoms with Crippen molar-refractivity contribution >= 4 is 15.9 Å². The summed E-state index contributed by atoms with van der Waals surface area (Å²) in [6.07, 6.45) is 0. The predicted octanol–water partition coefficient (Wildman–Crippen LogP) is 2.97. The molecule has 2 rings (SSSR count). The van der Waals surface area contributed by atoms with E-state index >= 15 is 0 Å². The topological polar surface area (TPSA) is 92.3 Å². The van der Waals surface area contributed by atoms with E-state index in [1.165, 1.54) is 12.1 Å². The molecule has 7 heteroatoms. The van der Waals surface area contributed by atoms with Gasteiger partial charge in [-0.1, -0.05) is 0 Å². The minimum absolute atomic E-state index is 0.0616. The maximum Gasteiger partial charge on any atom is 0.264 e. The first-order valence-corrected chi connectivity index (χ1v) is 8.13. The van der Waals surface area contributed by atoms with Gasteiger partial charge in [-0.25, -0.2) is 13.1 Å². The van der Waals surface area contributed by atoms with Crippen molar-refractivity contribution in [1.29, 1.82) is 5.26 Å². The number of benzene rings is 1. The molecule has 0 saturated heterocycles. The molecule has 1 aromatic carbocycles. The number of hydrogen-bond acceptors (Lipinski definition) is 5. The summed E-state index contributed by atoms with van der Waals surface area (Å²) in [5.41, 5.74) is 0.805. The number of ether oxygens (including phenoxy) is 1. The first kappa shape index (κ1) is 15.9. The molecule has 0 spiro atoms. The second-order valence-electron chi connectivity index (χ2n) is 4.61. The quantitative estimate of drug-likeness (QED) is 0.914. The Bertz CT molecular complexity index is 814. The lowest BCUT2D eigenvalue weighted by atomic mass is 10.2. The summed E-state index contributed by atoms with van der Waals surface area (Å²) < 4.78 is 37.6. The number of aryl methyl sites for hydroxylation is 1. The fourth-order valence-electron chi connectivity index (χ4n) is 1.90. The lowest BCUT2D eigenvalue weighted by Crippen LogP contribution is -2.13. The van der Waals surface area contributed by atoms with Crippen molar-refractivity contribution in [1.82, 2.24) is 0 Å². The van der Waals surface area contributed by atoms with Crippen molar-refractivity contribution in [2.45, 2.75) is 25.7 Å². The van der Waals surface area contributed by atoms with E-state index in [0.717, 1.165) is 0 Å². The van der Waals surface area contributed by atoms with Gasteiger partial charge in [-0.3, -0.25) is 0 Å². The third-order valence-electron chi connectivity index (χ3n) is 3.17. The Morgan fingerprint density at radius 2 is 1.91 bits per heavy atom. The molecule has 0 amide bonds. The average Bonchev–Trinajstić information content (AvgIpc) is 2.73. The predicted molar refractivity (Wildman–Crippen MR) is 81.3 cm³/mol. The van der Waals surface area contributed by atoms with Crippen LogP contribution in [0.25, 0.3) is 0 Å². The minimum atomic E-state index is -3.83. The molecular weight excluding hydrogens is 304 g/mol. The van der Waals surface area contributed by atoms with E-state index in [9.17, 15) is 8.42 Å². The van der Waals surface area contributed by atoms with E-state index in [0.29, 0.717) is 23.7 Å². The number of nitriles is 1. The van der Waals surface area contributed by atoms with Crippen LogP contribution in [0.4, 0.5) is 5.88 Å². The molecule has 22 heavy (non-hydrogen) atoms. The summed E-state index contributed by atoms with van der Waals surface area (Å²) in [4.78, 5) is 0.0616. The highest BCUT2D eigenvalue weighted by Crippen LogP contribution is 2.28. The summed E-state index contributed by atoms with van der Waals surface area (Å²) in [6, 6.07) is 7.95. The van der Waals surface area contributed by atoms with Crippen molar-refractivity contribution < 1.29 is 17.6 Å². The lowest BCUT2D eigenvalue weighted by Gasteiger charge is -2.07. The van der Waals surface area contributed by atoms with Crippen molar-refractivity contribution in [3.63, 3.8) is 0 Å². The summed E-state index contributed by atoms with van der Waals surface area (Å²) in [7, 11) is -3.83. The Labute approximate surface area is 129 Å². The number of nitrogens with zero attached hydrogens (tertiary/aromatic N) is 1. The highest BCUT2D eigenvalue weighted by molar-refractivity contribution is 7.92. The summed E-state index contributed by atoms with van der Waals surface area (Å²) in [6.45, 7) is 5.72. The van der Waals surface area contributed by atoms with Gasteiger partial charge in [0.25, 0.3) is 10.0 Å². The SMILES string of the molecule is CCOc1ccc(S(=O)(=O)Nc2oc(C)c(C)c2C#N)cc1. The molecule has 0 radical (unpaired) electrons. The van der Waals surface area contributed by atoms with Crippen molar-refractivity contribution in [3.8, 4) is 11.8 Å². The summed E-state index contributed by atoms with van der Waals surface area (Å²) >= 11 is 0. The van der Waals surface area contributed by atoms with Crippen LogP contribution in [-0.4, -0.2) is 15.0 Å². The van der Waals surface area contributed by atoms with Crippen LogP contribution in [-0.2, 0) is 10.0 Å². The van der Waals surface area contributed by atoms with Gasteiger partial charge in [0.1, 0.15) is 23.1 Å². The number of furan rings is 1. The van der Waals surface area contributed by atoms with E-state index in [1.807, 2.05) is 13.0 Å². The Balaban J connectivity index is 2.32. The molecule has 0 saturated carbocycles. The molecule has 116 valence electrons. The van der Waals surface area contributed by atoms with Gasteiger partial charge in [-0.15, -0.1) is 0 Å². The van der Waals surface area contributed by atoms with Crippen LogP contribution in [0.1, 0.15) is 23.8 Å². The number of nitrogens with one attached hydrogen (secondary N) is 1. The van der Waals surface area contributed by atoms with Crippen LogP contribution in [0.3, 0.4) is 0 Å². The summed E-state index contributed by atoms with van der Waals surface area (Å²) in [5.74, 6) is 1.02. The van der Waals surface area contributed by atoms with Gasteiger partial charge in [0.15, 0.2) is 0 Å². The molecule has 0 unspecified atom stereocenters. The van der Waals surface area contributed by atoms with Crippen molar-refractivity contribution in [3.05, 3.63) is 41.2 Å². The van der Waals surface area contributed by atoms with E-state index < -0.39 is 10.0 Å². The van der Waals surface area contributed by atoms with E-state index in [-0.39, 0.29) is 16.3 Å². The third-order valence-corrected chi connectivity index (χ3v) is 4.52. The maximum absolute atomic E-state index is 12.3. The molecule has 0 aliphatic carbocycles. The van der Waals surface area contributed by atoms with Crippen LogP contribution in [0.5, 0.6) is 5.75 Å². The van der Waals surface area contributed by atoms with E-state index in [1.54, 1.807) is 26.0 Å². The molecule has 0 fully saturated rings. The zero-order chi connectivity index (χ0) is 16.3. The molecule has 0 bridgehead atoms. The summed E-state index contributed by atoms with van der Waals surface area (Å²) in [5, 5.41) is 9.11. The molecule has 1 heterocycles. The highest BCUT2D eigenvalue weighted by Gasteiger charge is 2.21. The van der Waals surface area contributed by atoms with Crippen LogP contribution < -0.4 is 9.46 Å². The number of rotatable bonds is 5. The molecule has 1 aromatic heterocycles. The van der Waals surface area contributed by atoms with Gasteiger partial charge >= 0.3 is 0 Å². The third kappa shape index (κ3) is 3.07. The van der Waals surface area contributed by atoms with Crippen molar-refractivity contribution in [2.24, 2.45) is 0 Å². The molecule has 1 N–H and O–H groups in total. The zero-order valence-corrected chi connectivity index (χ0v) is 13.3. The lowest BCUT2D eigenvalue weighted by molar-refractivity contribution is 0.340. The van der Waals surface area contributed by atoms with Gasteiger partial charge in [0.2, 0.25) is 5.88 Å². The van der Waals surface area contributed by atoms with E-state index in [4.69, 9.17) is 14.4 Å². The first-order chi connectivity index (χ1) is 10.4. The molecular formula is C15H16N2O4S. The van der Waals surface area contributed by atoms with Crippen LogP contribution in [0.2, 0.25) is 0 Å². The molecule has 0 atom stereocenters. The largest absolute Gasteiger partial charge is 0.494 e. The Hall–Kier alpha value is -2.46. The van der Waals surface area contributed by atoms with Crippen LogP contribution >= 0.6 is 0 Å². The van der Waals surface area contributed by atoms with Gasteiger partial charge in [0, 0.05) is 5.56 Å². The molecule has 0 aliphatic heterocycles. The average molecular weight is 320 g/mol. The Morgan fingerprint density at radius 3 is 2.45 bits per heavy atom. The second-order valence-corrected chi connectivity index (χ2v) is 6.29. The molecule has 0 aliphatic rings. The van der Waals surface area contributed by atoms with Gasteiger partial charge < -0.3 is 9.15 Å². The zero-order valence-electron chi connectivity index (χ0n) is 12.5. The smallest absolute Gasteiger partial charge is 0.264 e. The first-order valence-electron chi connectivity index (χ1n) is 6.64. The molecule has 2 aromatic rings. The van der Waals surface area contributed by atoms with Crippen LogP contribution in [0.15, 0.2) is 33.6 Å². The van der Waals surface area contributed by atoms with Gasteiger partial charge in [0.05, 0.1) is 11.5 Å². The van der Waals surface area contributed by atoms with Crippen molar-refractivity contribution in [2.75, 3.05) is 11.3 Å². The van der Waals surface area contributed by atoms with Gasteiger partial charge in [-0.2, -0.15) is 5.26 Å². The highest BCUT2D eigenvalue weighted by atomic mass is 32.2.